The van der Waals surface area contributed by atoms with Crippen LogP contribution >= 0.6 is 33.9 Å². The van der Waals surface area contributed by atoms with E-state index in [1.807, 2.05) is 6.92 Å². The van der Waals surface area contributed by atoms with Crippen molar-refractivity contribution in [2.75, 3.05) is 31.9 Å². The Kier molecular flexibility index (Phi) is 8.54. The van der Waals surface area contributed by atoms with E-state index in [9.17, 15) is 14.0 Å². The van der Waals surface area contributed by atoms with Crippen molar-refractivity contribution >= 4 is 44.1 Å². The molecule has 0 unspecified atom stereocenters. The van der Waals surface area contributed by atoms with Gasteiger partial charge in [-0.15, -0.1) is 4.80 Å². The molecule has 0 bridgehead atoms. The Balaban J connectivity index is 1.94. The van der Waals surface area contributed by atoms with Gasteiger partial charge >= 0.3 is 5.69 Å². The molecule has 36 heavy (non-hydrogen) atoms. The molecule has 0 N–H and O–H groups in total. The van der Waals surface area contributed by atoms with Crippen molar-refractivity contribution in [3.8, 4) is 10.8 Å². The number of hydrogen-bond donors (Lipinski definition) is 0. The van der Waals surface area contributed by atoms with Crippen LogP contribution in [0, 0.1) is 12.7 Å². The van der Waals surface area contributed by atoms with Crippen LogP contribution in [0.3, 0.4) is 0 Å². The van der Waals surface area contributed by atoms with E-state index >= 15 is 0 Å². The lowest BCUT2D eigenvalue weighted by molar-refractivity contribution is 0.00643. The van der Waals surface area contributed by atoms with Crippen molar-refractivity contribution < 1.29 is 18.6 Å². The summed E-state index contributed by atoms with van der Waals surface area (Å²) in [5.41, 5.74) is 0.284. The summed E-state index contributed by atoms with van der Waals surface area (Å²) in [6.45, 7) is 2.59. The molecular weight excluding hydrogens is 604 g/mol. The number of methoxy groups -OCH3 is 2. The first-order valence-electron chi connectivity index (χ1n) is 11.0. The fraction of sp³-hybridized carbons (Fsp3) is 0.391. The van der Waals surface area contributed by atoms with Crippen molar-refractivity contribution in [1.29, 1.82) is 0 Å². The van der Waals surface area contributed by atoms with Crippen molar-refractivity contribution in [2.45, 2.75) is 26.1 Å². The molecule has 192 valence electrons. The van der Waals surface area contributed by atoms with E-state index < -0.39 is 17.6 Å². The van der Waals surface area contributed by atoms with Gasteiger partial charge in [0.25, 0.3) is 5.56 Å². The standard InChI is InChI=1S/C23H25FIN5O5S/c1-14-19-20(31)28(9-6-25)23(32)29(22(19)36-21(14)30-26-7-8-27-30)13-18(35-11-10-33-2)16-12-15(24)4-5-17(16)34-3/h4-5,7-8,12,18H,6,9-11,13H2,1-3H3/t18-/m0/s1. The molecule has 13 heteroatoms. The molecular formula is C23H25FIN5O5S. The van der Waals surface area contributed by atoms with E-state index in [0.29, 0.717) is 43.1 Å². The molecule has 0 spiro atoms. The van der Waals surface area contributed by atoms with E-state index in [2.05, 4.69) is 32.8 Å². The minimum Gasteiger partial charge on any atom is -0.496 e. The predicted octanol–water partition coefficient (Wildman–Crippen LogP) is 3.10. The van der Waals surface area contributed by atoms with Gasteiger partial charge in [0.2, 0.25) is 0 Å². The molecule has 0 aliphatic rings. The second-order valence-electron chi connectivity index (χ2n) is 7.81. The summed E-state index contributed by atoms with van der Waals surface area (Å²) in [5.74, 6) is -0.0370. The molecule has 0 amide bonds. The van der Waals surface area contributed by atoms with Gasteiger partial charge in [0.05, 0.1) is 44.6 Å². The van der Waals surface area contributed by atoms with E-state index in [0.717, 1.165) is 0 Å². The van der Waals surface area contributed by atoms with Crippen LogP contribution in [0.2, 0.25) is 0 Å². The number of benzene rings is 1. The van der Waals surface area contributed by atoms with Crippen LogP contribution in [0.25, 0.3) is 15.2 Å². The number of aryl methyl sites for hydroxylation is 1. The highest BCUT2D eigenvalue weighted by Gasteiger charge is 2.25. The molecule has 10 nitrogen and oxygen atoms in total. The number of ether oxygens (including phenoxy) is 3. The summed E-state index contributed by atoms with van der Waals surface area (Å²) in [6.07, 6.45) is 2.33. The first kappa shape index (κ1) is 26.4. The van der Waals surface area contributed by atoms with Crippen LogP contribution in [0.4, 0.5) is 4.39 Å². The van der Waals surface area contributed by atoms with Crippen LogP contribution in [0.15, 0.2) is 40.2 Å². The smallest absolute Gasteiger partial charge is 0.332 e. The zero-order valence-electron chi connectivity index (χ0n) is 19.9. The highest BCUT2D eigenvalue weighted by molar-refractivity contribution is 14.1. The maximum atomic E-state index is 14.3. The summed E-state index contributed by atoms with van der Waals surface area (Å²) >= 11 is 3.37. The number of fused-ring (bicyclic) bond motifs is 1. The molecule has 0 aliphatic carbocycles. The van der Waals surface area contributed by atoms with E-state index in [4.69, 9.17) is 14.2 Å². The van der Waals surface area contributed by atoms with Crippen LogP contribution in [0.5, 0.6) is 5.75 Å². The third kappa shape index (κ3) is 5.10. The highest BCUT2D eigenvalue weighted by atomic mass is 127. The van der Waals surface area contributed by atoms with Gasteiger partial charge in [-0.25, -0.2) is 9.18 Å². The number of thiophene rings is 1. The lowest BCUT2D eigenvalue weighted by Gasteiger charge is -2.22. The average molecular weight is 629 g/mol. The van der Waals surface area contributed by atoms with Crippen molar-refractivity contribution in [3.63, 3.8) is 0 Å². The van der Waals surface area contributed by atoms with E-state index in [1.165, 1.54) is 50.6 Å². The number of alkyl halides is 1. The van der Waals surface area contributed by atoms with Crippen LogP contribution in [-0.4, -0.2) is 56.0 Å². The molecule has 4 aromatic rings. The molecule has 0 fully saturated rings. The maximum Gasteiger partial charge on any atom is 0.332 e. The quantitative estimate of drug-likeness (QED) is 0.143. The van der Waals surface area contributed by atoms with Gasteiger partial charge in [-0.05, 0) is 25.1 Å². The zero-order chi connectivity index (χ0) is 25.8. The van der Waals surface area contributed by atoms with Gasteiger partial charge in [-0.3, -0.25) is 13.9 Å². The summed E-state index contributed by atoms with van der Waals surface area (Å²) < 4.78 is 34.2. The molecule has 0 saturated heterocycles. The minimum absolute atomic E-state index is 0.0202. The van der Waals surface area contributed by atoms with Crippen LogP contribution in [-0.2, 0) is 22.6 Å². The topological polar surface area (TPSA) is 102 Å². The van der Waals surface area contributed by atoms with Gasteiger partial charge in [0, 0.05) is 29.2 Å². The summed E-state index contributed by atoms with van der Waals surface area (Å²) in [7, 11) is 3.04. The Morgan fingerprint density at radius 3 is 2.56 bits per heavy atom. The van der Waals surface area contributed by atoms with Crippen molar-refractivity contribution in [1.82, 2.24) is 24.1 Å². The third-order valence-electron chi connectivity index (χ3n) is 5.67. The first-order valence-corrected chi connectivity index (χ1v) is 13.4. The molecule has 3 aromatic heterocycles. The largest absolute Gasteiger partial charge is 0.496 e. The van der Waals surface area contributed by atoms with Gasteiger partial charge in [0.1, 0.15) is 27.5 Å². The number of nitrogens with zero attached hydrogens (tertiary/aromatic N) is 5. The summed E-state index contributed by atoms with van der Waals surface area (Å²) in [5, 5.41) is 9.44. The summed E-state index contributed by atoms with van der Waals surface area (Å²) in [4.78, 5) is 28.9. The monoisotopic (exact) mass is 629 g/mol. The SMILES string of the molecule is COCCO[C@@H](Cn1c(=O)n(CCI)c(=O)c2c(C)c(-n3nccn3)sc21)c1cc(F)ccc1OC. The van der Waals surface area contributed by atoms with E-state index in [1.54, 1.807) is 19.5 Å². The molecule has 1 atom stereocenters. The second kappa shape index (κ2) is 11.6. The molecule has 0 aliphatic heterocycles. The Bertz CT molecular complexity index is 1470. The molecule has 3 heterocycles. The average Bonchev–Trinajstić information content (AvgIpc) is 3.51. The first-order chi connectivity index (χ1) is 17.4. The Labute approximate surface area is 223 Å². The van der Waals surface area contributed by atoms with Gasteiger partial charge in [0.15, 0.2) is 0 Å². The van der Waals surface area contributed by atoms with Crippen molar-refractivity contribution in [3.05, 3.63) is 68.4 Å². The molecule has 4 rings (SSSR count). The lowest BCUT2D eigenvalue weighted by atomic mass is 10.1. The number of aromatic nitrogens is 5. The number of hydrogen-bond acceptors (Lipinski definition) is 8. The minimum atomic E-state index is -0.758. The number of rotatable bonds is 11. The molecule has 0 saturated carbocycles. The third-order valence-corrected chi connectivity index (χ3v) is 7.43. The summed E-state index contributed by atoms with van der Waals surface area (Å²) in [6, 6.07) is 4.15. The van der Waals surface area contributed by atoms with E-state index in [-0.39, 0.29) is 25.3 Å². The zero-order valence-corrected chi connectivity index (χ0v) is 22.9. The Morgan fingerprint density at radius 1 is 1.14 bits per heavy atom. The molecule has 0 radical (unpaired) electrons. The highest BCUT2D eigenvalue weighted by Crippen LogP contribution is 2.33. The van der Waals surface area contributed by atoms with Crippen LogP contribution in [0.1, 0.15) is 17.2 Å². The van der Waals surface area contributed by atoms with Gasteiger partial charge in [-0.2, -0.15) is 10.2 Å². The fourth-order valence-corrected chi connectivity index (χ4v) is 5.68. The maximum absolute atomic E-state index is 14.3. The van der Waals surface area contributed by atoms with Gasteiger partial charge < -0.3 is 14.2 Å². The number of halogens is 2. The lowest BCUT2D eigenvalue weighted by Crippen LogP contribution is -2.41. The van der Waals surface area contributed by atoms with Crippen molar-refractivity contribution in [2.24, 2.45) is 0 Å². The Hall–Kier alpha value is -2.62. The second-order valence-corrected chi connectivity index (χ2v) is 9.86. The Morgan fingerprint density at radius 2 is 1.89 bits per heavy atom. The van der Waals surface area contributed by atoms with Gasteiger partial charge in [-0.1, -0.05) is 33.9 Å². The normalized spacial score (nSPS) is 12.4. The van der Waals surface area contributed by atoms with Crippen LogP contribution < -0.4 is 16.0 Å². The molecule has 1 aromatic carbocycles. The predicted molar refractivity (Wildman–Crippen MR) is 142 cm³/mol. The fourth-order valence-electron chi connectivity index (χ4n) is 3.97.